The molecule has 2 unspecified atom stereocenters. The fourth-order valence-corrected chi connectivity index (χ4v) is 1.98. The van der Waals surface area contributed by atoms with Crippen LogP contribution in [0.25, 0.3) is 0 Å². The Hall–Kier alpha value is -2.92. The third kappa shape index (κ3) is 3.84. The van der Waals surface area contributed by atoms with E-state index < -0.39 is 18.2 Å². The van der Waals surface area contributed by atoms with Crippen LogP contribution >= 0.6 is 0 Å². The van der Waals surface area contributed by atoms with Gasteiger partial charge in [-0.25, -0.2) is 10.9 Å². The molecular formula is C16H14N4O3. The molecule has 0 bridgehead atoms. The average Bonchev–Trinajstić information content (AvgIpc) is 3.04. The molecule has 7 nitrogen and oxygen atoms in total. The first kappa shape index (κ1) is 15.0. The van der Waals surface area contributed by atoms with Crippen LogP contribution in [-0.4, -0.2) is 28.3 Å². The highest BCUT2D eigenvalue weighted by molar-refractivity contribution is 5.74. The number of carbonyl (C=O) groups is 1. The summed E-state index contributed by atoms with van der Waals surface area (Å²) in [4.78, 5) is 15.0. The minimum Gasteiger partial charge on any atom is -0.480 e. The van der Waals surface area contributed by atoms with E-state index in [1.807, 2.05) is 24.3 Å². The molecule has 3 rings (SSSR count). The van der Waals surface area contributed by atoms with Gasteiger partial charge in [0.2, 0.25) is 0 Å². The van der Waals surface area contributed by atoms with Crippen molar-refractivity contribution in [3.05, 3.63) is 59.9 Å². The molecule has 1 aliphatic rings. The molecule has 1 fully saturated rings. The molecule has 1 aliphatic heterocycles. The summed E-state index contributed by atoms with van der Waals surface area (Å²) in [6.45, 7) is 0. The van der Waals surface area contributed by atoms with Crippen LogP contribution in [-0.2, 0) is 4.79 Å². The lowest BCUT2D eigenvalue weighted by molar-refractivity contribution is -0.141. The second kappa shape index (κ2) is 6.89. The van der Waals surface area contributed by atoms with Crippen molar-refractivity contribution in [1.82, 2.24) is 21.4 Å². The molecule has 0 radical (unpaired) electrons. The van der Waals surface area contributed by atoms with E-state index >= 15 is 0 Å². The number of aromatic nitrogens is 1. The van der Waals surface area contributed by atoms with E-state index in [1.165, 1.54) is 0 Å². The van der Waals surface area contributed by atoms with Crippen LogP contribution in [0.15, 0.2) is 48.8 Å². The molecule has 2 aromatic rings. The SMILES string of the molecule is O=C(O)C1NNNC1Oc1ccc(C#Cc2ccncc2)cc1. The van der Waals surface area contributed by atoms with Crippen molar-refractivity contribution in [1.29, 1.82) is 0 Å². The Balaban J connectivity index is 1.66. The summed E-state index contributed by atoms with van der Waals surface area (Å²) >= 11 is 0. The van der Waals surface area contributed by atoms with Crippen molar-refractivity contribution < 1.29 is 14.6 Å². The molecule has 0 saturated carbocycles. The molecule has 1 saturated heterocycles. The van der Waals surface area contributed by atoms with Gasteiger partial charge in [-0.2, -0.15) is 5.53 Å². The summed E-state index contributed by atoms with van der Waals surface area (Å²) in [5, 5.41) is 9.04. The maximum Gasteiger partial charge on any atom is 0.327 e. The van der Waals surface area contributed by atoms with Crippen molar-refractivity contribution in [2.45, 2.75) is 12.3 Å². The Morgan fingerprint density at radius 3 is 2.35 bits per heavy atom. The van der Waals surface area contributed by atoms with Crippen LogP contribution in [0.5, 0.6) is 5.75 Å². The fraction of sp³-hybridized carbons (Fsp3) is 0.125. The first-order valence-corrected chi connectivity index (χ1v) is 6.90. The molecule has 1 aromatic carbocycles. The van der Waals surface area contributed by atoms with Gasteiger partial charge in [-0.1, -0.05) is 11.8 Å². The molecule has 2 atom stereocenters. The van der Waals surface area contributed by atoms with Crippen molar-refractivity contribution in [2.75, 3.05) is 0 Å². The second-order valence-electron chi connectivity index (χ2n) is 4.78. The lowest BCUT2D eigenvalue weighted by Crippen LogP contribution is -2.44. The zero-order valence-electron chi connectivity index (χ0n) is 12.0. The van der Waals surface area contributed by atoms with Gasteiger partial charge < -0.3 is 9.84 Å². The van der Waals surface area contributed by atoms with Gasteiger partial charge in [-0.3, -0.25) is 9.78 Å². The molecule has 1 aromatic heterocycles. The van der Waals surface area contributed by atoms with Crippen LogP contribution in [0.2, 0.25) is 0 Å². The maximum absolute atomic E-state index is 11.0. The fourth-order valence-electron chi connectivity index (χ4n) is 1.98. The summed E-state index contributed by atoms with van der Waals surface area (Å²) in [6, 6.07) is 9.92. The smallest absolute Gasteiger partial charge is 0.327 e. The Bertz CT molecular complexity index is 737. The van der Waals surface area contributed by atoms with Crippen molar-refractivity contribution >= 4 is 5.97 Å². The first-order chi connectivity index (χ1) is 11.2. The standard InChI is InChI=1S/C16H14N4O3/c21-16(22)14-15(19-20-18-14)23-13-5-3-11(4-6-13)1-2-12-7-9-17-10-8-12/h3-10,14-15,18-20H,(H,21,22). The van der Waals surface area contributed by atoms with E-state index in [0.717, 1.165) is 11.1 Å². The number of hydrogen-bond donors (Lipinski definition) is 4. The number of benzene rings is 1. The highest BCUT2D eigenvalue weighted by Crippen LogP contribution is 2.15. The average molecular weight is 310 g/mol. The third-order valence-electron chi connectivity index (χ3n) is 3.16. The van der Waals surface area contributed by atoms with Gasteiger partial charge in [0.05, 0.1) is 0 Å². The summed E-state index contributed by atoms with van der Waals surface area (Å²) in [5.41, 5.74) is 9.52. The largest absolute Gasteiger partial charge is 0.480 e. The molecule has 7 heteroatoms. The minimum atomic E-state index is -1.01. The molecular weight excluding hydrogens is 296 g/mol. The van der Waals surface area contributed by atoms with Crippen LogP contribution in [0.1, 0.15) is 11.1 Å². The van der Waals surface area contributed by atoms with Gasteiger partial charge in [0.15, 0.2) is 12.3 Å². The Morgan fingerprint density at radius 2 is 1.70 bits per heavy atom. The summed E-state index contributed by atoms with van der Waals surface area (Å²) in [6.07, 6.45) is 2.67. The lowest BCUT2D eigenvalue weighted by atomic mass is 10.2. The van der Waals surface area contributed by atoms with Crippen LogP contribution in [0.4, 0.5) is 0 Å². The zero-order chi connectivity index (χ0) is 16.1. The third-order valence-corrected chi connectivity index (χ3v) is 3.16. The van der Waals surface area contributed by atoms with Crippen molar-refractivity contribution in [3.8, 4) is 17.6 Å². The minimum absolute atomic E-state index is 0.550. The molecule has 23 heavy (non-hydrogen) atoms. The van der Waals surface area contributed by atoms with E-state index in [0.29, 0.717) is 5.75 Å². The van der Waals surface area contributed by atoms with Crippen molar-refractivity contribution in [3.63, 3.8) is 0 Å². The Kier molecular flexibility index (Phi) is 4.49. The number of hydrogen-bond acceptors (Lipinski definition) is 6. The number of rotatable bonds is 3. The highest BCUT2D eigenvalue weighted by atomic mass is 16.5. The van der Waals surface area contributed by atoms with Gasteiger partial charge in [0.25, 0.3) is 0 Å². The van der Waals surface area contributed by atoms with Gasteiger partial charge in [-0.05, 0) is 36.4 Å². The normalized spacial score (nSPS) is 19.7. The highest BCUT2D eigenvalue weighted by Gasteiger charge is 2.34. The number of pyridine rings is 1. The molecule has 0 amide bonds. The molecule has 116 valence electrons. The quantitative estimate of drug-likeness (QED) is 0.604. The number of nitrogens with one attached hydrogen (secondary N) is 3. The Morgan fingerprint density at radius 1 is 1.04 bits per heavy atom. The van der Waals surface area contributed by atoms with Crippen LogP contribution in [0.3, 0.4) is 0 Å². The van der Waals surface area contributed by atoms with E-state index in [-0.39, 0.29) is 0 Å². The van der Waals surface area contributed by atoms with Gasteiger partial charge in [0, 0.05) is 23.5 Å². The number of aliphatic carboxylic acids is 1. The summed E-state index contributed by atoms with van der Waals surface area (Å²) in [7, 11) is 0. The molecule has 4 N–H and O–H groups in total. The number of carboxylic acid groups (broad SMARTS) is 1. The number of hydrazine groups is 2. The number of nitrogens with zero attached hydrogens (tertiary/aromatic N) is 1. The van der Waals surface area contributed by atoms with E-state index in [4.69, 9.17) is 9.84 Å². The van der Waals surface area contributed by atoms with E-state index in [9.17, 15) is 4.79 Å². The maximum atomic E-state index is 11.0. The molecule has 2 heterocycles. The number of ether oxygens (including phenoxy) is 1. The molecule has 0 aliphatic carbocycles. The predicted octanol–water partition coefficient (Wildman–Crippen LogP) is 0.252. The van der Waals surface area contributed by atoms with Gasteiger partial charge in [-0.15, -0.1) is 0 Å². The van der Waals surface area contributed by atoms with E-state index in [1.54, 1.807) is 24.5 Å². The lowest BCUT2D eigenvalue weighted by Gasteiger charge is -2.16. The van der Waals surface area contributed by atoms with Gasteiger partial charge in [0.1, 0.15) is 5.75 Å². The van der Waals surface area contributed by atoms with Crippen molar-refractivity contribution in [2.24, 2.45) is 0 Å². The van der Waals surface area contributed by atoms with E-state index in [2.05, 4.69) is 33.2 Å². The summed E-state index contributed by atoms with van der Waals surface area (Å²) in [5.74, 6) is 5.62. The Labute approximate surface area is 132 Å². The number of carboxylic acids is 1. The predicted molar refractivity (Wildman–Crippen MR) is 81.9 cm³/mol. The monoisotopic (exact) mass is 310 g/mol. The summed E-state index contributed by atoms with van der Waals surface area (Å²) < 4.78 is 5.59. The van der Waals surface area contributed by atoms with Crippen LogP contribution < -0.4 is 21.1 Å². The first-order valence-electron chi connectivity index (χ1n) is 6.90. The second-order valence-corrected chi connectivity index (χ2v) is 4.78. The molecule has 0 spiro atoms. The van der Waals surface area contributed by atoms with Crippen LogP contribution in [0, 0.1) is 11.8 Å². The topological polar surface area (TPSA) is 95.5 Å². The van der Waals surface area contributed by atoms with Gasteiger partial charge >= 0.3 is 5.97 Å². The zero-order valence-corrected chi connectivity index (χ0v) is 12.0.